The second-order valence-electron chi connectivity index (χ2n) is 6.81. The molecule has 3 nitrogen and oxygen atoms in total. The first kappa shape index (κ1) is 17.1. The van der Waals surface area contributed by atoms with Crippen LogP contribution in [0.1, 0.15) is 28.8 Å². The number of thioether (sulfide) groups is 1. The molecule has 1 amide bonds. The summed E-state index contributed by atoms with van der Waals surface area (Å²) in [4.78, 5) is 20.7. The Morgan fingerprint density at radius 2 is 1.85 bits per heavy atom. The van der Waals surface area contributed by atoms with E-state index in [9.17, 15) is 4.79 Å². The number of amides is 1. The number of piperidine rings is 1. The molecule has 4 heteroatoms. The van der Waals surface area contributed by atoms with E-state index in [-0.39, 0.29) is 5.91 Å². The van der Waals surface area contributed by atoms with Crippen molar-refractivity contribution in [2.75, 3.05) is 13.1 Å². The molecule has 1 fully saturated rings. The molecule has 1 aliphatic rings. The SMILES string of the molecule is Cc1cccc(SC2CCN(C(=O)c3cccc4cccnc34)CC2)c1. The maximum absolute atomic E-state index is 13.0. The normalized spacial score (nSPS) is 15.3. The van der Waals surface area contributed by atoms with Crippen molar-refractivity contribution in [2.24, 2.45) is 0 Å². The molecule has 1 aliphatic heterocycles. The van der Waals surface area contributed by atoms with E-state index in [4.69, 9.17) is 0 Å². The Bertz CT molecular complexity index is 927. The van der Waals surface area contributed by atoms with Gasteiger partial charge in [-0.3, -0.25) is 9.78 Å². The minimum Gasteiger partial charge on any atom is -0.338 e. The summed E-state index contributed by atoms with van der Waals surface area (Å²) in [7, 11) is 0. The summed E-state index contributed by atoms with van der Waals surface area (Å²) in [6.07, 6.45) is 3.81. The van der Waals surface area contributed by atoms with E-state index in [1.165, 1.54) is 10.5 Å². The third kappa shape index (κ3) is 3.61. The minimum atomic E-state index is 0.105. The number of carbonyl (C=O) groups is 1. The van der Waals surface area contributed by atoms with Crippen molar-refractivity contribution in [3.8, 4) is 0 Å². The van der Waals surface area contributed by atoms with Crippen molar-refractivity contribution in [3.63, 3.8) is 0 Å². The van der Waals surface area contributed by atoms with Gasteiger partial charge in [-0.2, -0.15) is 0 Å². The van der Waals surface area contributed by atoms with Crippen LogP contribution in [-0.4, -0.2) is 34.1 Å². The maximum Gasteiger partial charge on any atom is 0.256 e. The number of hydrogen-bond acceptors (Lipinski definition) is 3. The first-order valence-electron chi connectivity index (χ1n) is 9.07. The van der Waals surface area contributed by atoms with Crippen LogP contribution in [0.15, 0.2) is 65.7 Å². The quantitative estimate of drug-likeness (QED) is 0.662. The van der Waals surface area contributed by atoms with Crippen LogP contribution in [0.25, 0.3) is 10.9 Å². The molecule has 0 bridgehead atoms. The molecule has 0 saturated carbocycles. The molecule has 0 N–H and O–H groups in total. The molecule has 0 unspecified atom stereocenters. The van der Waals surface area contributed by atoms with Crippen LogP contribution in [0, 0.1) is 6.92 Å². The van der Waals surface area contributed by atoms with Crippen LogP contribution in [0.3, 0.4) is 0 Å². The number of para-hydroxylation sites is 1. The highest BCUT2D eigenvalue weighted by atomic mass is 32.2. The van der Waals surface area contributed by atoms with Gasteiger partial charge in [0.25, 0.3) is 5.91 Å². The number of benzene rings is 2. The second-order valence-corrected chi connectivity index (χ2v) is 8.18. The summed E-state index contributed by atoms with van der Waals surface area (Å²) in [6.45, 7) is 3.75. The van der Waals surface area contributed by atoms with E-state index in [0.717, 1.165) is 36.8 Å². The predicted octanol–water partition coefficient (Wildman–Crippen LogP) is 4.94. The van der Waals surface area contributed by atoms with Crippen LogP contribution < -0.4 is 0 Å². The number of aromatic nitrogens is 1. The minimum absolute atomic E-state index is 0.105. The number of pyridine rings is 1. The fourth-order valence-corrected chi connectivity index (χ4v) is 4.75. The van der Waals surface area contributed by atoms with Crippen molar-refractivity contribution < 1.29 is 4.79 Å². The van der Waals surface area contributed by atoms with E-state index < -0.39 is 0 Å². The highest BCUT2D eigenvalue weighted by molar-refractivity contribution is 8.00. The summed E-state index contributed by atoms with van der Waals surface area (Å²) in [5.41, 5.74) is 2.82. The van der Waals surface area contributed by atoms with Crippen molar-refractivity contribution >= 4 is 28.6 Å². The van der Waals surface area contributed by atoms with Crippen LogP contribution in [0.5, 0.6) is 0 Å². The van der Waals surface area contributed by atoms with Gasteiger partial charge >= 0.3 is 0 Å². The average molecular weight is 362 g/mol. The van der Waals surface area contributed by atoms with Crippen LogP contribution in [0.4, 0.5) is 0 Å². The summed E-state index contributed by atoms with van der Waals surface area (Å²) < 4.78 is 0. The Labute approximate surface area is 158 Å². The number of hydrogen-bond donors (Lipinski definition) is 0. The summed E-state index contributed by atoms with van der Waals surface area (Å²) in [5.74, 6) is 0.105. The predicted molar refractivity (Wildman–Crippen MR) is 108 cm³/mol. The first-order valence-corrected chi connectivity index (χ1v) is 9.95. The van der Waals surface area contributed by atoms with Crippen molar-refractivity contribution in [2.45, 2.75) is 29.9 Å². The molecular formula is C22H22N2OS. The van der Waals surface area contributed by atoms with Gasteiger partial charge in [-0.05, 0) is 44.0 Å². The molecule has 4 rings (SSSR count). The van der Waals surface area contributed by atoms with Gasteiger partial charge in [-0.15, -0.1) is 11.8 Å². The topological polar surface area (TPSA) is 33.2 Å². The molecule has 3 aromatic rings. The number of aryl methyl sites for hydroxylation is 1. The summed E-state index contributed by atoms with van der Waals surface area (Å²) in [6, 6.07) is 18.4. The Balaban J connectivity index is 1.43. The fourth-order valence-electron chi connectivity index (χ4n) is 3.50. The zero-order chi connectivity index (χ0) is 17.9. The average Bonchev–Trinajstić information content (AvgIpc) is 2.68. The van der Waals surface area contributed by atoms with E-state index in [0.29, 0.717) is 10.8 Å². The maximum atomic E-state index is 13.0. The molecule has 132 valence electrons. The lowest BCUT2D eigenvalue weighted by atomic mass is 10.1. The van der Waals surface area contributed by atoms with Crippen LogP contribution >= 0.6 is 11.8 Å². The highest BCUT2D eigenvalue weighted by Crippen LogP contribution is 2.31. The Kier molecular flexibility index (Phi) is 4.93. The van der Waals surface area contributed by atoms with Gasteiger partial charge < -0.3 is 4.90 Å². The van der Waals surface area contributed by atoms with Gasteiger partial charge in [0.15, 0.2) is 0 Å². The van der Waals surface area contributed by atoms with E-state index in [2.05, 4.69) is 36.2 Å². The van der Waals surface area contributed by atoms with Gasteiger partial charge in [0.05, 0.1) is 11.1 Å². The third-order valence-corrected chi connectivity index (χ3v) is 6.22. The molecular weight excluding hydrogens is 340 g/mol. The lowest BCUT2D eigenvalue weighted by Gasteiger charge is -2.32. The summed E-state index contributed by atoms with van der Waals surface area (Å²) >= 11 is 1.94. The lowest BCUT2D eigenvalue weighted by Crippen LogP contribution is -2.39. The smallest absolute Gasteiger partial charge is 0.256 e. The van der Waals surface area contributed by atoms with Crippen molar-refractivity contribution in [1.82, 2.24) is 9.88 Å². The highest BCUT2D eigenvalue weighted by Gasteiger charge is 2.25. The second kappa shape index (κ2) is 7.50. The molecule has 1 aromatic heterocycles. The Hall–Kier alpha value is -2.33. The lowest BCUT2D eigenvalue weighted by molar-refractivity contribution is 0.0729. The van der Waals surface area contributed by atoms with Crippen molar-refractivity contribution in [1.29, 1.82) is 0 Å². The van der Waals surface area contributed by atoms with Gasteiger partial charge in [-0.1, -0.05) is 35.9 Å². The molecule has 2 aromatic carbocycles. The van der Waals surface area contributed by atoms with E-state index in [1.54, 1.807) is 6.20 Å². The number of likely N-dealkylation sites (tertiary alicyclic amines) is 1. The van der Waals surface area contributed by atoms with Gasteiger partial charge in [0, 0.05) is 34.8 Å². The van der Waals surface area contributed by atoms with Gasteiger partial charge in [0.2, 0.25) is 0 Å². The number of nitrogens with zero attached hydrogens (tertiary/aromatic N) is 2. The molecule has 0 spiro atoms. The largest absolute Gasteiger partial charge is 0.338 e. The first-order chi connectivity index (χ1) is 12.7. The van der Waals surface area contributed by atoms with Gasteiger partial charge in [-0.25, -0.2) is 0 Å². The molecule has 1 saturated heterocycles. The van der Waals surface area contributed by atoms with E-state index >= 15 is 0 Å². The number of rotatable bonds is 3. The fraction of sp³-hybridized carbons (Fsp3) is 0.273. The Morgan fingerprint density at radius 3 is 2.65 bits per heavy atom. The molecule has 0 aliphatic carbocycles. The third-order valence-electron chi connectivity index (χ3n) is 4.88. The molecule has 26 heavy (non-hydrogen) atoms. The molecule has 0 radical (unpaired) electrons. The summed E-state index contributed by atoms with van der Waals surface area (Å²) in [5, 5.41) is 1.59. The van der Waals surface area contributed by atoms with Gasteiger partial charge in [0.1, 0.15) is 0 Å². The monoisotopic (exact) mass is 362 g/mol. The van der Waals surface area contributed by atoms with Crippen molar-refractivity contribution in [3.05, 3.63) is 71.9 Å². The standard InChI is InChI=1S/C22H22N2OS/c1-16-5-2-8-19(15-16)26-18-10-13-24(14-11-18)22(25)20-9-3-6-17-7-4-12-23-21(17)20/h2-9,12,15,18H,10-11,13-14H2,1H3. The van der Waals surface area contributed by atoms with Crippen LogP contribution in [0.2, 0.25) is 0 Å². The van der Waals surface area contributed by atoms with E-state index in [1.807, 2.05) is 47.0 Å². The Morgan fingerprint density at radius 1 is 1.08 bits per heavy atom. The number of fused-ring (bicyclic) bond motifs is 1. The van der Waals surface area contributed by atoms with Crippen LogP contribution in [-0.2, 0) is 0 Å². The molecule has 2 heterocycles. The number of carbonyl (C=O) groups excluding carboxylic acids is 1. The molecule has 0 atom stereocenters. The zero-order valence-corrected chi connectivity index (χ0v) is 15.7. The zero-order valence-electron chi connectivity index (χ0n) is 14.9.